The summed E-state index contributed by atoms with van der Waals surface area (Å²) < 4.78 is 43.2. The number of sulfone groups is 2. The Hall–Kier alpha value is -0.360. The van der Waals surface area contributed by atoms with Gasteiger partial charge in [-0.05, 0) is 0 Å². The third-order valence-electron chi connectivity index (χ3n) is 1.27. The summed E-state index contributed by atoms with van der Waals surface area (Å²) in [5.41, 5.74) is 0. The molecule has 0 amide bonds. The molecule has 0 aromatic heterocycles. The highest BCUT2D eigenvalue weighted by molar-refractivity contribution is 7.97. The van der Waals surface area contributed by atoms with Crippen LogP contribution in [0.1, 0.15) is 13.8 Å². The summed E-state index contributed by atoms with van der Waals surface area (Å²) in [6.07, 6.45) is 0. The minimum atomic E-state index is -3.32. The zero-order chi connectivity index (χ0) is 9.83. The molecule has 0 bridgehead atoms. The van der Waals surface area contributed by atoms with Crippen LogP contribution in [0.15, 0.2) is 10.8 Å². The van der Waals surface area contributed by atoms with Gasteiger partial charge in [-0.1, -0.05) is 13.8 Å². The number of rotatable bonds is 4. The van der Waals surface area contributed by atoms with Gasteiger partial charge in [0.05, 0.1) is 11.5 Å². The third-order valence-corrected chi connectivity index (χ3v) is 4.16. The monoisotopic (exact) mass is 212 g/mol. The van der Waals surface area contributed by atoms with Crippen molar-refractivity contribution >= 4 is 19.7 Å². The van der Waals surface area contributed by atoms with E-state index in [2.05, 4.69) is 0 Å². The first kappa shape index (κ1) is 11.6. The summed E-state index contributed by atoms with van der Waals surface area (Å²) in [4.78, 5) is 0. The minimum absolute atomic E-state index is 0.0806. The van der Waals surface area contributed by atoms with Crippen molar-refractivity contribution in [3.8, 4) is 0 Å². The fourth-order valence-corrected chi connectivity index (χ4v) is 2.10. The van der Waals surface area contributed by atoms with E-state index in [1.54, 1.807) is 0 Å². The zero-order valence-electron chi connectivity index (χ0n) is 7.02. The molecule has 0 aliphatic rings. The Labute approximate surface area is 73.1 Å². The summed E-state index contributed by atoms with van der Waals surface area (Å²) in [5, 5.41) is 1.48. The van der Waals surface area contributed by atoms with Crippen LogP contribution in [-0.4, -0.2) is 28.3 Å². The Morgan fingerprint density at radius 3 is 1.25 bits per heavy atom. The van der Waals surface area contributed by atoms with Crippen LogP contribution in [0.3, 0.4) is 0 Å². The normalized spacial score (nSPS) is 13.8. The molecule has 6 heteroatoms. The maximum absolute atomic E-state index is 10.8. The molecule has 0 fully saturated rings. The summed E-state index contributed by atoms with van der Waals surface area (Å²) in [6.45, 7) is 2.91. The van der Waals surface area contributed by atoms with Crippen molar-refractivity contribution in [1.82, 2.24) is 0 Å². The lowest BCUT2D eigenvalue weighted by molar-refractivity contribution is 0.601. The largest absolute Gasteiger partial charge is 0.224 e. The predicted molar refractivity (Wildman–Crippen MR) is 48.1 cm³/mol. The molecule has 0 aliphatic carbocycles. The standard InChI is InChI=1S/C6H12O4S2/c1-3-11(7,8)5-6-12(9,10)4-2/h5-6H,3-4H2,1-2H3/b6-5-. The molecule has 0 unspecified atom stereocenters. The van der Waals surface area contributed by atoms with Gasteiger partial charge < -0.3 is 0 Å². The van der Waals surface area contributed by atoms with Crippen LogP contribution < -0.4 is 0 Å². The molecule has 72 valence electrons. The average molecular weight is 212 g/mol. The zero-order valence-corrected chi connectivity index (χ0v) is 8.65. The SMILES string of the molecule is CCS(=O)(=O)/C=C\S(=O)(=O)CC. The topological polar surface area (TPSA) is 68.3 Å². The van der Waals surface area contributed by atoms with Gasteiger partial charge in [0.15, 0.2) is 19.7 Å². The van der Waals surface area contributed by atoms with Gasteiger partial charge >= 0.3 is 0 Å². The van der Waals surface area contributed by atoms with Crippen molar-refractivity contribution in [1.29, 1.82) is 0 Å². The Kier molecular flexibility index (Phi) is 3.92. The maximum Gasteiger partial charge on any atom is 0.172 e. The van der Waals surface area contributed by atoms with Crippen molar-refractivity contribution in [2.45, 2.75) is 13.8 Å². The number of hydrogen-bond acceptors (Lipinski definition) is 4. The van der Waals surface area contributed by atoms with E-state index in [4.69, 9.17) is 0 Å². The molecule has 12 heavy (non-hydrogen) atoms. The molecule has 0 rings (SSSR count). The molecule has 0 saturated heterocycles. The van der Waals surface area contributed by atoms with Crippen molar-refractivity contribution < 1.29 is 16.8 Å². The van der Waals surface area contributed by atoms with Crippen LogP contribution in [0.5, 0.6) is 0 Å². The molecule has 0 aliphatic heterocycles. The van der Waals surface area contributed by atoms with Crippen LogP contribution in [0.4, 0.5) is 0 Å². The Morgan fingerprint density at radius 1 is 0.833 bits per heavy atom. The second-order valence-electron chi connectivity index (χ2n) is 2.18. The lowest BCUT2D eigenvalue weighted by Crippen LogP contribution is -2.02. The molecule has 0 atom stereocenters. The van der Waals surface area contributed by atoms with Crippen LogP contribution in [-0.2, 0) is 19.7 Å². The fraction of sp³-hybridized carbons (Fsp3) is 0.667. The van der Waals surface area contributed by atoms with E-state index >= 15 is 0 Å². The molecular formula is C6H12O4S2. The van der Waals surface area contributed by atoms with Crippen LogP contribution in [0.2, 0.25) is 0 Å². The summed E-state index contributed by atoms with van der Waals surface area (Å²) in [5.74, 6) is -0.161. The molecule has 0 spiro atoms. The van der Waals surface area contributed by atoms with E-state index in [0.29, 0.717) is 0 Å². The van der Waals surface area contributed by atoms with Gasteiger partial charge in [-0.25, -0.2) is 16.8 Å². The van der Waals surface area contributed by atoms with Gasteiger partial charge in [0, 0.05) is 10.8 Å². The first-order valence-electron chi connectivity index (χ1n) is 3.46. The van der Waals surface area contributed by atoms with Gasteiger partial charge in [0.1, 0.15) is 0 Å². The van der Waals surface area contributed by atoms with E-state index < -0.39 is 19.7 Å². The minimum Gasteiger partial charge on any atom is -0.224 e. The van der Waals surface area contributed by atoms with Crippen molar-refractivity contribution in [3.05, 3.63) is 10.8 Å². The number of hydrogen-bond donors (Lipinski definition) is 0. The smallest absolute Gasteiger partial charge is 0.172 e. The average Bonchev–Trinajstić information content (AvgIpc) is 2.02. The highest BCUT2D eigenvalue weighted by Crippen LogP contribution is 1.97. The summed E-state index contributed by atoms with van der Waals surface area (Å²) >= 11 is 0. The van der Waals surface area contributed by atoms with Crippen LogP contribution in [0.25, 0.3) is 0 Å². The quantitative estimate of drug-likeness (QED) is 0.673. The van der Waals surface area contributed by atoms with E-state index in [1.165, 1.54) is 13.8 Å². The fourth-order valence-electron chi connectivity index (χ4n) is 0.362. The molecule has 0 radical (unpaired) electrons. The molecule has 0 aromatic rings. The molecule has 0 aromatic carbocycles. The molecule has 0 saturated carbocycles. The Balaban J connectivity index is 4.70. The molecule has 4 nitrogen and oxygen atoms in total. The van der Waals surface area contributed by atoms with Crippen molar-refractivity contribution in [3.63, 3.8) is 0 Å². The lowest BCUT2D eigenvalue weighted by atomic mass is 11.0. The van der Waals surface area contributed by atoms with Crippen molar-refractivity contribution in [2.24, 2.45) is 0 Å². The van der Waals surface area contributed by atoms with Gasteiger partial charge in [-0.2, -0.15) is 0 Å². The first-order chi connectivity index (χ1) is 5.33. The highest BCUT2D eigenvalue weighted by Gasteiger charge is 2.05. The van der Waals surface area contributed by atoms with Crippen LogP contribution >= 0.6 is 0 Å². The second-order valence-corrected chi connectivity index (χ2v) is 6.53. The highest BCUT2D eigenvalue weighted by atomic mass is 32.2. The Bertz CT molecular complexity index is 311. The summed E-state index contributed by atoms with van der Waals surface area (Å²) in [6, 6.07) is 0. The molecule has 0 N–H and O–H groups in total. The van der Waals surface area contributed by atoms with Crippen LogP contribution in [0, 0.1) is 0 Å². The first-order valence-corrected chi connectivity index (χ1v) is 6.89. The second kappa shape index (κ2) is 4.04. The lowest BCUT2D eigenvalue weighted by Gasteiger charge is -1.92. The summed E-state index contributed by atoms with van der Waals surface area (Å²) in [7, 11) is -6.64. The van der Waals surface area contributed by atoms with Gasteiger partial charge in [0.2, 0.25) is 0 Å². The Morgan fingerprint density at radius 2 is 1.08 bits per heavy atom. The van der Waals surface area contributed by atoms with Crippen molar-refractivity contribution in [2.75, 3.05) is 11.5 Å². The predicted octanol–water partition coefficient (Wildman–Crippen LogP) is 0.327. The van der Waals surface area contributed by atoms with E-state index in [1.807, 2.05) is 0 Å². The van der Waals surface area contributed by atoms with E-state index in [-0.39, 0.29) is 11.5 Å². The molecule has 0 heterocycles. The van der Waals surface area contributed by atoms with Gasteiger partial charge in [0.25, 0.3) is 0 Å². The third kappa shape index (κ3) is 4.50. The maximum atomic E-state index is 10.8. The van der Waals surface area contributed by atoms with Gasteiger partial charge in [-0.3, -0.25) is 0 Å². The molecular weight excluding hydrogens is 200 g/mol. The van der Waals surface area contributed by atoms with E-state index in [0.717, 1.165) is 10.8 Å². The van der Waals surface area contributed by atoms with E-state index in [9.17, 15) is 16.8 Å². The van der Waals surface area contributed by atoms with Gasteiger partial charge in [-0.15, -0.1) is 0 Å².